The van der Waals surface area contributed by atoms with Crippen LogP contribution in [0.15, 0.2) is 36.9 Å². The first kappa shape index (κ1) is 15.6. The second-order valence-electron chi connectivity index (χ2n) is 4.00. The number of hydrogen-bond acceptors (Lipinski definition) is 4. The van der Waals surface area contributed by atoms with E-state index in [0.717, 1.165) is 5.75 Å². The Morgan fingerprint density at radius 1 is 1.63 bits per heavy atom. The number of rotatable bonds is 8. The number of amides is 1. The molecule has 0 heterocycles. The number of carbonyl (C=O) groups is 1. The number of hydrogen-bond donors (Lipinski definition) is 2. The Kier molecular flexibility index (Phi) is 7.07. The zero-order valence-corrected chi connectivity index (χ0v) is 11.9. The Labute approximate surface area is 118 Å². The third kappa shape index (κ3) is 5.81. The van der Waals surface area contributed by atoms with Crippen LogP contribution in [-0.4, -0.2) is 30.6 Å². The van der Waals surface area contributed by atoms with Gasteiger partial charge in [0.1, 0.15) is 12.4 Å². The Bertz CT molecular complexity index is 424. The zero-order valence-electron chi connectivity index (χ0n) is 11.1. The molecule has 0 spiro atoms. The van der Waals surface area contributed by atoms with Crippen LogP contribution in [0.25, 0.3) is 0 Å². The molecule has 0 aliphatic carbocycles. The SMILES string of the molecule is C=CCOc1cccc(NC(=O)[C@@H](N)CCSC)c1. The van der Waals surface area contributed by atoms with E-state index in [1.165, 1.54) is 0 Å². The summed E-state index contributed by atoms with van der Waals surface area (Å²) >= 11 is 1.68. The highest BCUT2D eigenvalue weighted by atomic mass is 32.2. The Morgan fingerprint density at radius 3 is 3.11 bits per heavy atom. The van der Waals surface area contributed by atoms with Crippen molar-refractivity contribution in [3.05, 3.63) is 36.9 Å². The van der Waals surface area contributed by atoms with Gasteiger partial charge in [-0.25, -0.2) is 0 Å². The molecule has 1 atom stereocenters. The van der Waals surface area contributed by atoms with Gasteiger partial charge in [-0.05, 0) is 30.6 Å². The predicted octanol–water partition coefficient (Wildman–Crippen LogP) is 2.27. The maximum Gasteiger partial charge on any atom is 0.241 e. The van der Waals surface area contributed by atoms with Crippen molar-refractivity contribution in [2.45, 2.75) is 12.5 Å². The maximum absolute atomic E-state index is 11.8. The first-order chi connectivity index (χ1) is 9.17. The Morgan fingerprint density at radius 2 is 2.42 bits per heavy atom. The van der Waals surface area contributed by atoms with Gasteiger partial charge < -0.3 is 15.8 Å². The Hall–Kier alpha value is -1.46. The molecule has 0 unspecified atom stereocenters. The topological polar surface area (TPSA) is 64.3 Å². The van der Waals surface area contributed by atoms with Crippen LogP contribution in [0.4, 0.5) is 5.69 Å². The molecule has 1 aromatic carbocycles. The highest BCUT2D eigenvalue weighted by molar-refractivity contribution is 7.98. The lowest BCUT2D eigenvalue weighted by Crippen LogP contribution is -2.36. The summed E-state index contributed by atoms with van der Waals surface area (Å²) in [4.78, 5) is 11.8. The fourth-order valence-corrected chi connectivity index (χ4v) is 1.92. The number of benzene rings is 1. The summed E-state index contributed by atoms with van der Waals surface area (Å²) in [5.41, 5.74) is 6.49. The van der Waals surface area contributed by atoms with E-state index in [1.54, 1.807) is 30.0 Å². The lowest BCUT2D eigenvalue weighted by atomic mass is 10.2. The molecular formula is C14H20N2O2S. The summed E-state index contributed by atoms with van der Waals surface area (Å²) in [6.45, 7) is 4.02. The van der Waals surface area contributed by atoms with Crippen molar-refractivity contribution >= 4 is 23.4 Å². The monoisotopic (exact) mass is 280 g/mol. The molecule has 0 saturated heterocycles. The molecule has 4 nitrogen and oxygen atoms in total. The van der Waals surface area contributed by atoms with Crippen LogP contribution in [-0.2, 0) is 4.79 Å². The highest BCUT2D eigenvalue weighted by Crippen LogP contribution is 2.17. The standard InChI is InChI=1S/C14H20N2O2S/c1-3-8-18-12-6-4-5-11(10-12)16-14(17)13(15)7-9-19-2/h3-6,10,13H,1,7-9,15H2,2H3,(H,16,17)/t13-/m0/s1. The first-order valence-corrected chi connectivity index (χ1v) is 7.46. The second kappa shape index (κ2) is 8.61. The van der Waals surface area contributed by atoms with E-state index in [4.69, 9.17) is 10.5 Å². The van der Waals surface area contributed by atoms with E-state index >= 15 is 0 Å². The minimum atomic E-state index is -0.481. The molecule has 3 N–H and O–H groups in total. The fourth-order valence-electron chi connectivity index (χ4n) is 1.43. The number of ether oxygens (including phenoxy) is 1. The highest BCUT2D eigenvalue weighted by Gasteiger charge is 2.13. The summed E-state index contributed by atoms with van der Waals surface area (Å²) in [7, 11) is 0. The Balaban J connectivity index is 2.55. The minimum Gasteiger partial charge on any atom is -0.489 e. The summed E-state index contributed by atoms with van der Waals surface area (Å²) in [6, 6.07) is 6.74. The summed E-state index contributed by atoms with van der Waals surface area (Å²) < 4.78 is 5.40. The molecule has 1 amide bonds. The van der Waals surface area contributed by atoms with Crippen molar-refractivity contribution in [3.8, 4) is 5.75 Å². The third-order valence-corrected chi connectivity index (χ3v) is 3.08. The van der Waals surface area contributed by atoms with Crippen molar-refractivity contribution in [3.63, 3.8) is 0 Å². The number of carbonyl (C=O) groups excluding carboxylic acids is 1. The van der Waals surface area contributed by atoms with Gasteiger partial charge in [-0.15, -0.1) is 0 Å². The van der Waals surface area contributed by atoms with Crippen LogP contribution in [0.3, 0.4) is 0 Å². The van der Waals surface area contributed by atoms with Crippen molar-refractivity contribution in [2.75, 3.05) is 23.9 Å². The largest absolute Gasteiger partial charge is 0.489 e. The van der Waals surface area contributed by atoms with Crippen LogP contribution in [0.5, 0.6) is 5.75 Å². The summed E-state index contributed by atoms with van der Waals surface area (Å²) in [5.74, 6) is 1.39. The fraction of sp³-hybridized carbons (Fsp3) is 0.357. The molecule has 1 rings (SSSR count). The van der Waals surface area contributed by atoms with E-state index in [-0.39, 0.29) is 5.91 Å². The van der Waals surface area contributed by atoms with Crippen LogP contribution in [0.2, 0.25) is 0 Å². The molecule has 0 radical (unpaired) electrons. The molecule has 104 valence electrons. The molecule has 0 saturated carbocycles. The number of nitrogens with one attached hydrogen (secondary N) is 1. The van der Waals surface area contributed by atoms with Gasteiger partial charge in [-0.1, -0.05) is 18.7 Å². The van der Waals surface area contributed by atoms with Gasteiger partial charge in [-0.3, -0.25) is 4.79 Å². The average Bonchev–Trinajstić information content (AvgIpc) is 2.42. The van der Waals surface area contributed by atoms with Gasteiger partial charge in [0.15, 0.2) is 0 Å². The van der Waals surface area contributed by atoms with Gasteiger partial charge in [0.05, 0.1) is 6.04 Å². The predicted molar refractivity (Wildman–Crippen MR) is 81.7 cm³/mol. The zero-order chi connectivity index (χ0) is 14.1. The number of anilines is 1. The van der Waals surface area contributed by atoms with E-state index in [2.05, 4.69) is 11.9 Å². The lowest BCUT2D eigenvalue weighted by Gasteiger charge is -2.12. The van der Waals surface area contributed by atoms with E-state index in [9.17, 15) is 4.79 Å². The third-order valence-electron chi connectivity index (χ3n) is 2.44. The van der Waals surface area contributed by atoms with E-state index < -0.39 is 6.04 Å². The van der Waals surface area contributed by atoms with Gasteiger partial charge in [0, 0.05) is 11.8 Å². The van der Waals surface area contributed by atoms with Crippen LogP contribution in [0, 0.1) is 0 Å². The molecule has 0 aliphatic heterocycles. The number of thioether (sulfide) groups is 1. The van der Waals surface area contributed by atoms with Crippen LogP contribution in [0.1, 0.15) is 6.42 Å². The van der Waals surface area contributed by atoms with Crippen LogP contribution >= 0.6 is 11.8 Å². The van der Waals surface area contributed by atoms with Gasteiger partial charge in [0.2, 0.25) is 5.91 Å². The minimum absolute atomic E-state index is 0.171. The quantitative estimate of drug-likeness (QED) is 0.717. The first-order valence-electron chi connectivity index (χ1n) is 6.06. The van der Waals surface area contributed by atoms with E-state index in [1.807, 2.05) is 18.4 Å². The van der Waals surface area contributed by atoms with Crippen molar-refractivity contribution in [1.29, 1.82) is 0 Å². The summed E-state index contributed by atoms with van der Waals surface area (Å²) in [6.07, 6.45) is 4.33. The van der Waals surface area contributed by atoms with Gasteiger partial charge >= 0.3 is 0 Å². The lowest BCUT2D eigenvalue weighted by molar-refractivity contribution is -0.117. The molecule has 1 aromatic rings. The smallest absolute Gasteiger partial charge is 0.241 e. The average molecular weight is 280 g/mol. The van der Waals surface area contributed by atoms with Crippen molar-refractivity contribution in [2.24, 2.45) is 5.73 Å². The normalized spacial score (nSPS) is 11.7. The summed E-state index contributed by atoms with van der Waals surface area (Å²) in [5, 5.41) is 2.79. The van der Waals surface area contributed by atoms with Crippen LogP contribution < -0.4 is 15.8 Å². The van der Waals surface area contributed by atoms with Crippen molar-refractivity contribution < 1.29 is 9.53 Å². The molecule has 0 bridgehead atoms. The molecule has 0 aromatic heterocycles. The number of nitrogens with two attached hydrogens (primary N) is 1. The molecule has 0 aliphatic rings. The van der Waals surface area contributed by atoms with Gasteiger partial charge in [0.25, 0.3) is 0 Å². The maximum atomic E-state index is 11.8. The van der Waals surface area contributed by atoms with Gasteiger partial charge in [-0.2, -0.15) is 11.8 Å². The molecule has 0 fully saturated rings. The molecule has 5 heteroatoms. The van der Waals surface area contributed by atoms with Crippen molar-refractivity contribution in [1.82, 2.24) is 0 Å². The second-order valence-corrected chi connectivity index (χ2v) is 4.99. The molecular weight excluding hydrogens is 260 g/mol. The molecule has 19 heavy (non-hydrogen) atoms. The van der Waals surface area contributed by atoms with E-state index in [0.29, 0.717) is 24.5 Å².